The molecule has 0 aliphatic heterocycles. The number of hydrogen-bond acceptors (Lipinski definition) is 4. The molecular weight excluding hydrogens is 238 g/mol. The van der Waals surface area contributed by atoms with E-state index in [1.54, 1.807) is 0 Å². The Morgan fingerprint density at radius 2 is 2.24 bits per heavy atom. The molecule has 0 aliphatic rings. The summed E-state index contributed by atoms with van der Waals surface area (Å²) in [6, 6.07) is 0. The number of thiophene rings is 1. The molecule has 0 saturated heterocycles. The maximum atomic E-state index is 12.2. The van der Waals surface area contributed by atoms with Gasteiger partial charge < -0.3 is 5.73 Å². The Labute approximate surface area is 102 Å². The summed E-state index contributed by atoms with van der Waals surface area (Å²) >= 11 is 1.51. The summed E-state index contributed by atoms with van der Waals surface area (Å²) in [6.07, 6.45) is 1.62. The van der Waals surface area contributed by atoms with Gasteiger partial charge in [-0.25, -0.2) is 4.98 Å². The quantitative estimate of drug-likeness (QED) is 0.882. The Morgan fingerprint density at radius 1 is 1.53 bits per heavy atom. The van der Waals surface area contributed by atoms with Gasteiger partial charge in [0.1, 0.15) is 4.83 Å². The van der Waals surface area contributed by atoms with Gasteiger partial charge in [0.05, 0.1) is 11.7 Å². The van der Waals surface area contributed by atoms with Crippen molar-refractivity contribution in [2.45, 2.75) is 26.8 Å². The van der Waals surface area contributed by atoms with Crippen LogP contribution < -0.4 is 11.3 Å². The normalized spacial score (nSPS) is 10.9. The molecule has 0 bridgehead atoms. The van der Waals surface area contributed by atoms with Gasteiger partial charge in [-0.05, 0) is 19.4 Å². The average Bonchev–Trinajstić information content (AvgIpc) is 2.54. The fourth-order valence-electron chi connectivity index (χ4n) is 1.66. The molecule has 2 rings (SSSR count). The molecule has 0 unspecified atom stereocenters. The molecule has 2 heterocycles. The number of hydrogen-bond donors (Lipinski definition) is 1. The van der Waals surface area contributed by atoms with Crippen molar-refractivity contribution in [3.05, 3.63) is 27.1 Å². The van der Waals surface area contributed by atoms with Crippen LogP contribution in [0, 0.1) is 13.8 Å². The van der Waals surface area contributed by atoms with Gasteiger partial charge >= 0.3 is 0 Å². The smallest absolute Gasteiger partial charge is 0.262 e. The fraction of sp³-hybridized carbons (Fsp3) is 0.364. The standard InChI is InChI=1S/C11H13N3O2S/c1-6-7(2)17-10-9(6)11(16)14(5-13-10)4-3-8(12)15/h5H,3-4H2,1-2H3,(H2,12,15). The fourth-order valence-corrected chi connectivity index (χ4v) is 2.65. The van der Waals surface area contributed by atoms with Crippen molar-refractivity contribution in [1.29, 1.82) is 0 Å². The second-order valence-electron chi connectivity index (χ2n) is 3.92. The van der Waals surface area contributed by atoms with Crippen molar-refractivity contribution < 1.29 is 4.79 Å². The van der Waals surface area contributed by atoms with Gasteiger partial charge in [-0.15, -0.1) is 11.3 Å². The molecule has 6 heteroatoms. The lowest BCUT2D eigenvalue weighted by atomic mass is 10.2. The van der Waals surface area contributed by atoms with E-state index in [1.807, 2.05) is 13.8 Å². The highest BCUT2D eigenvalue weighted by Gasteiger charge is 2.11. The highest BCUT2D eigenvalue weighted by molar-refractivity contribution is 7.18. The molecule has 0 aliphatic carbocycles. The van der Waals surface area contributed by atoms with Crippen molar-refractivity contribution >= 4 is 27.5 Å². The lowest BCUT2D eigenvalue weighted by Gasteiger charge is -2.03. The van der Waals surface area contributed by atoms with Crippen LogP contribution in [0.2, 0.25) is 0 Å². The number of fused-ring (bicyclic) bond motifs is 1. The molecule has 1 amide bonds. The molecule has 0 saturated carbocycles. The predicted molar refractivity (Wildman–Crippen MR) is 67.2 cm³/mol. The Kier molecular flexibility index (Phi) is 2.97. The summed E-state index contributed by atoms with van der Waals surface area (Å²) in [5, 5.41) is 0.652. The molecule has 0 atom stereocenters. The number of rotatable bonds is 3. The van der Waals surface area contributed by atoms with Crippen molar-refractivity contribution in [3.8, 4) is 0 Å². The van der Waals surface area contributed by atoms with Gasteiger partial charge in [0, 0.05) is 17.8 Å². The lowest BCUT2D eigenvalue weighted by molar-refractivity contribution is -0.118. The summed E-state index contributed by atoms with van der Waals surface area (Å²) in [5.41, 5.74) is 5.93. The number of aryl methyl sites for hydroxylation is 3. The Morgan fingerprint density at radius 3 is 2.88 bits per heavy atom. The third-order valence-electron chi connectivity index (χ3n) is 2.75. The molecule has 2 N–H and O–H groups in total. The summed E-state index contributed by atoms with van der Waals surface area (Å²) in [6.45, 7) is 4.16. The molecule has 0 spiro atoms. The molecular formula is C11H13N3O2S. The van der Waals surface area contributed by atoms with Crippen LogP contribution in [0.15, 0.2) is 11.1 Å². The zero-order chi connectivity index (χ0) is 12.6. The SMILES string of the molecule is Cc1sc2ncn(CCC(N)=O)c(=O)c2c1C. The zero-order valence-corrected chi connectivity index (χ0v) is 10.5. The highest BCUT2D eigenvalue weighted by Crippen LogP contribution is 2.25. The molecule has 0 aromatic carbocycles. The number of primary amides is 1. The van der Waals surface area contributed by atoms with Crippen LogP contribution >= 0.6 is 11.3 Å². The zero-order valence-electron chi connectivity index (χ0n) is 9.69. The van der Waals surface area contributed by atoms with E-state index in [1.165, 1.54) is 22.2 Å². The van der Waals surface area contributed by atoms with Crippen LogP contribution in [0.3, 0.4) is 0 Å². The molecule has 90 valence electrons. The van der Waals surface area contributed by atoms with Crippen molar-refractivity contribution in [1.82, 2.24) is 9.55 Å². The van der Waals surface area contributed by atoms with E-state index in [-0.39, 0.29) is 18.5 Å². The van der Waals surface area contributed by atoms with Crippen molar-refractivity contribution in [2.75, 3.05) is 0 Å². The first-order valence-electron chi connectivity index (χ1n) is 5.24. The van der Waals surface area contributed by atoms with E-state index < -0.39 is 5.91 Å². The first kappa shape index (κ1) is 11.8. The number of carbonyl (C=O) groups is 1. The van der Waals surface area contributed by atoms with Crippen LogP contribution in [-0.4, -0.2) is 15.5 Å². The van der Waals surface area contributed by atoms with E-state index in [4.69, 9.17) is 5.73 Å². The van der Waals surface area contributed by atoms with E-state index in [9.17, 15) is 9.59 Å². The summed E-state index contributed by atoms with van der Waals surface area (Å²) in [5.74, 6) is -0.421. The van der Waals surface area contributed by atoms with Crippen LogP contribution in [0.5, 0.6) is 0 Å². The van der Waals surface area contributed by atoms with Gasteiger partial charge in [0.25, 0.3) is 5.56 Å². The minimum atomic E-state index is -0.421. The first-order valence-corrected chi connectivity index (χ1v) is 6.06. The first-order chi connectivity index (χ1) is 8.00. The summed E-state index contributed by atoms with van der Waals surface area (Å²) in [7, 11) is 0. The second-order valence-corrected chi connectivity index (χ2v) is 5.13. The van der Waals surface area contributed by atoms with E-state index in [0.29, 0.717) is 5.39 Å². The van der Waals surface area contributed by atoms with E-state index in [2.05, 4.69) is 4.98 Å². The monoisotopic (exact) mass is 251 g/mol. The number of aromatic nitrogens is 2. The molecule has 5 nitrogen and oxygen atoms in total. The predicted octanol–water partition coefficient (Wildman–Crippen LogP) is 0.950. The number of nitrogens with zero attached hydrogens (tertiary/aromatic N) is 2. The average molecular weight is 251 g/mol. The lowest BCUT2D eigenvalue weighted by Crippen LogP contribution is -2.23. The van der Waals surface area contributed by atoms with Crippen LogP contribution in [0.25, 0.3) is 10.2 Å². The second kappa shape index (κ2) is 4.29. The molecule has 17 heavy (non-hydrogen) atoms. The minimum Gasteiger partial charge on any atom is -0.370 e. The van der Waals surface area contributed by atoms with Gasteiger partial charge in [0.2, 0.25) is 5.91 Å². The Hall–Kier alpha value is -1.69. The van der Waals surface area contributed by atoms with Crippen molar-refractivity contribution in [2.24, 2.45) is 5.73 Å². The largest absolute Gasteiger partial charge is 0.370 e. The number of carbonyl (C=O) groups excluding carboxylic acids is 1. The van der Waals surface area contributed by atoms with Crippen LogP contribution in [-0.2, 0) is 11.3 Å². The van der Waals surface area contributed by atoms with Gasteiger partial charge in [-0.3, -0.25) is 14.2 Å². The Bertz CT molecular complexity index is 642. The van der Waals surface area contributed by atoms with Crippen molar-refractivity contribution in [3.63, 3.8) is 0 Å². The number of nitrogens with two attached hydrogens (primary N) is 1. The third kappa shape index (κ3) is 2.08. The molecule has 0 radical (unpaired) electrons. The Balaban J connectivity index is 2.53. The molecule has 0 fully saturated rings. The van der Waals surface area contributed by atoms with Gasteiger partial charge in [-0.1, -0.05) is 0 Å². The maximum Gasteiger partial charge on any atom is 0.262 e. The van der Waals surface area contributed by atoms with Crippen LogP contribution in [0.4, 0.5) is 0 Å². The van der Waals surface area contributed by atoms with E-state index in [0.717, 1.165) is 15.3 Å². The van der Waals surface area contributed by atoms with Crippen LogP contribution in [0.1, 0.15) is 16.9 Å². The topological polar surface area (TPSA) is 78.0 Å². The highest BCUT2D eigenvalue weighted by atomic mass is 32.1. The number of amides is 1. The maximum absolute atomic E-state index is 12.2. The third-order valence-corrected chi connectivity index (χ3v) is 3.87. The molecule has 2 aromatic rings. The van der Waals surface area contributed by atoms with E-state index >= 15 is 0 Å². The summed E-state index contributed by atoms with van der Waals surface area (Å²) < 4.78 is 1.44. The minimum absolute atomic E-state index is 0.0990. The summed E-state index contributed by atoms with van der Waals surface area (Å²) in [4.78, 5) is 28.9. The van der Waals surface area contributed by atoms with Gasteiger partial charge in [0.15, 0.2) is 0 Å². The van der Waals surface area contributed by atoms with Gasteiger partial charge in [-0.2, -0.15) is 0 Å². The molecule has 2 aromatic heterocycles.